The van der Waals surface area contributed by atoms with Crippen LogP contribution in [0.2, 0.25) is 0 Å². The summed E-state index contributed by atoms with van der Waals surface area (Å²) in [5, 5.41) is 3.35. The first-order valence-corrected chi connectivity index (χ1v) is 7.64. The molecule has 0 aliphatic rings. The van der Waals surface area contributed by atoms with Gasteiger partial charge in [0.05, 0.1) is 4.90 Å². The Hall–Kier alpha value is -1.32. The molecule has 0 unspecified atom stereocenters. The van der Waals surface area contributed by atoms with Gasteiger partial charge in [-0.3, -0.25) is 0 Å². The van der Waals surface area contributed by atoms with Crippen LogP contribution in [0.5, 0.6) is 0 Å². The van der Waals surface area contributed by atoms with Crippen LogP contribution < -0.4 is 5.32 Å². The third kappa shape index (κ3) is 3.84. The Kier molecular flexibility index (Phi) is 5.21. The zero-order valence-corrected chi connectivity index (χ0v) is 12.9. The molecule has 0 aliphatic heterocycles. The molecular formula is C17H20FNS. The summed E-state index contributed by atoms with van der Waals surface area (Å²) in [7, 11) is 0. The van der Waals surface area contributed by atoms with Crippen molar-refractivity contribution in [3.05, 3.63) is 59.4 Å². The largest absolute Gasteiger partial charge is 0.310 e. The van der Waals surface area contributed by atoms with E-state index in [1.807, 2.05) is 24.3 Å². The number of rotatable bonds is 5. The molecule has 0 amide bonds. The normalized spacial score (nSPS) is 11.1. The summed E-state index contributed by atoms with van der Waals surface area (Å²) in [5.74, 6) is -0.152. The van der Waals surface area contributed by atoms with E-state index in [9.17, 15) is 4.39 Å². The molecule has 0 aromatic heterocycles. The predicted molar refractivity (Wildman–Crippen MR) is 83.7 cm³/mol. The van der Waals surface area contributed by atoms with Crippen LogP contribution in [0.1, 0.15) is 25.0 Å². The van der Waals surface area contributed by atoms with Gasteiger partial charge >= 0.3 is 0 Å². The molecule has 0 saturated carbocycles. The molecule has 1 N–H and O–H groups in total. The fourth-order valence-electron chi connectivity index (χ4n) is 1.90. The lowest BCUT2D eigenvalue weighted by Crippen LogP contribution is -2.22. The Morgan fingerprint density at radius 1 is 1.10 bits per heavy atom. The minimum Gasteiger partial charge on any atom is -0.310 e. The summed E-state index contributed by atoms with van der Waals surface area (Å²) in [5.41, 5.74) is 2.18. The van der Waals surface area contributed by atoms with Gasteiger partial charge in [0.2, 0.25) is 0 Å². The van der Waals surface area contributed by atoms with Crippen LogP contribution in [0.15, 0.2) is 52.3 Å². The van der Waals surface area contributed by atoms with E-state index in [1.54, 1.807) is 6.07 Å². The van der Waals surface area contributed by atoms with E-state index in [1.165, 1.54) is 23.4 Å². The highest BCUT2D eigenvalue weighted by Crippen LogP contribution is 2.34. The molecule has 0 radical (unpaired) electrons. The molecule has 3 heteroatoms. The lowest BCUT2D eigenvalue weighted by Gasteiger charge is -2.14. The number of nitrogens with one attached hydrogen (secondary N) is 1. The highest BCUT2D eigenvalue weighted by atomic mass is 32.2. The zero-order chi connectivity index (χ0) is 14.5. The van der Waals surface area contributed by atoms with Gasteiger partial charge < -0.3 is 5.32 Å². The molecule has 0 aliphatic carbocycles. The van der Waals surface area contributed by atoms with Gasteiger partial charge in [0.15, 0.2) is 0 Å². The Bertz CT molecular complexity index is 581. The van der Waals surface area contributed by atoms with Crippen LogP contribution in [0.3, 0.4) is 0 Å². The Balaban J connectivity index is 2.28. The minimum absolute atomic E-state index is 0.152. The highest BCUT2D eigenvalue weighted by molar-refractivity contribution is 7.99. The van der Waals surface area contributed by atoms with Crippen molar-refractivity contribution in [3.63, 3.8) is 0 Å². The lowest BCUT2D eigenvalue weighted by atomic mass is 10.2. The lowest BCUT2D eigenvalue weighted by molar-refractivity contribution is 0.564. The number of halogens is 1. The van der Waals surface area contributed by atoms with E-state index in [0.29, 0.717) is 12.6 Å². The average Bonchev–Trinajstić information content (AvgIpc) is 2.41. The van der Waals surface area contributed by atoms with Gasteiger partial charge in [-0.15, -0.1) is 0 Å². The van der Waals surface area contributed by atoms with Gasteiger partial charge in [0.25, 0.3) is 0 Å². The van der Waals surface area contributed by atoms with Crippen LogP contribution in [0.4, 0.5) is 4.39 Å². The minimum atomic E-state index is -0.152. The molecule has 1 nitrogen and oxygen atoms in total. The van der Waals surface area contributed by atoms with Crippen molar-refractivity contribution in [1.82, 2.24) is 5.32 Å². The number of hydrogen-bond acceptors (Lipinski definition) is 2. The van der Waals surface area contributed by atoms with Crippen molar-refractivity contribution >= 4 is 11.8 Å². The summed E-state index contributed by atoms with van der Waals surface area (Å²) >= 11 is 1.50. The van der Waals surface area contributed by atoms with E-state index < -0.39 is 0 Å². The third-order valence-electron chi connectivity index (χ3n) is 3.05. The fourth-order valence-corrected chi connectivity index (χ4v) is 2.93. The quantitative estimate of drug-likeness (QED) is 0.850. The van der Waals surface area contributed by atoms with Gasteiger partial charge in [0.1, 0.15) is 5.82 Å². The fraction of sp³-hybridized carbons (Fsp3) is 0.294. The van der Waals surface area contributed by atoms with Gasteiger partial charge in [-0.25, -0.2) is 4.39 Å². The summed E-state index contributed by atoms with van der Waals surface area (Å²) in [6, 6.07) is 13.7. The van der Waals surface area contributed by atoms with Crippen molar-refractivity contribution in [2.75, 3.05) is 0 Å². The Labute approximate surface area is 124 Å². The van der Waals surface area contributed by atoms with Gasteiger partial charge in [-0.2, -0.15) is 0 Å². The third-order valence-corrected chi connectivity index (χ3v) is 4.39. The average molecular weight is 289 g/mol. The molecular weight excluding hydrogens is 269 g/mol. The molecule has 2 aromatic carbocycles. The van der Waals surface area contributed by atoms with Crippen molar-refractivity contribution in [3.8, 4) is 0 Å². The molecule has 2 rings (SSSR count). The Morgan fingerprint density at radius 3 is 2.55 bits per heavy atom. The predicted octanol–water partition coefficient (Wildman–Crippen LogP) is 4.78. The second-order valence-electron chi connectivity index (χ2n) is 5.13. The molecule has 0 heterocycles. The summed E-state index contributed by atoms with van der Waals surface area (Å²) in [6.07, 6.45) is 0. The second-order valence-corrected chi connectivity index (χ2v) is 6.18. The highest BCUT2D eigenvalue weighted by Gasteiger charge is 2.11. The SMILES string of the molecule is Cc1ccccc1Sc1c(F)cccc1CNC(C)C. The van der Waals surface area contributed by atoms with Crippen molar-refractivity contribution in [2.45, 2.75) is 43.1 Å². The maximum Gasteiger partial charge on any atom is 0.137 e. The molecule has 106 valence electrons. The molecule has 0 saturated heterocycles. The Morgan fingerprint density at radius 2 is 1.85 bits per heavy atom. The van der Waals surface area contributed by atoms with Gasteiger partial charge in [-0.05, 0) is 30.2 Å². The van der Waals surface area contributed by atoms with Crippen molar-refractivity contribution in [1.29, 1.82) is 0 Å². The molecule has 0 spiro atoms. The van der Waals surface area contributed by atoms with Gasteiger partial charge in [0, 0.05) is 17.5 Å². The van der Waals surface area contributed by atoms with Crippen LogP contribution in [0, 0.1) is 12.7 Å². The van der Waals surface area contributed by atoms with E-state index in [2.05, 4.69) is 32.2 Å². The molecule has 2 aromatic rings. The number of benzene rings is 2. The molecule has 0 atom stereocenters. The van der Waals surface area contributed by atoms with E-state index in [-0.39, 0.29) is 5.82 Å². The smallest absolute Gasteiger partial charge is 0.137 e. The van der Waals surface area contributed by atoms with Gasteiger partial charge in [-0.1, -0.05) is 55.9 Å². The second kappa shape index (κ2) is 6.91. The van der Waals surface area contributed by atoms with E-state index >= 15 is 0 Å². The van der Waals surface area contributed by atoms with E-state index in [0.717, 1.165) is 15.4 Å². The standard InChI is InChI=1S/C17H20FNS/c1-12(2)19-11-14-8-6-9-15(18)17(14)20-16-10-5-4-7-13(16)3/h4-10,12,19H,11H2,1-3H3. The van der Waals surface area contributed by atoms with Crippen molar-refractivity contribution < 1.29 is 4.39 Å². The maximum absolute atomic E-state index is 14.1. The van der Waals surface area contributed by atoms with Crippen LogP contribution in [-0.4, -0.2) is 6.04 Å². The van der Waals surface area contributed by atoms with Crippen LogP contribution in [0.25, 0.3) is 0 Å². The number of hydrogen-bond donors (Lipinski definition) is 1. The first-order valence-electron chi connectivity index (χ1n) is 6.82. The van der Waals surface area contributed by atoms with E-state index in [4.69, 9.17) is 0 Å². The summed E-state index contributed by atoms with van der Waals surface area (Å²) in [4.78, 5) is 1.82. The zero-order valence-electron chi connectivity index (χ0n) is 12.1. The first-order chi connectivity index (χ1) is 9.58. The molecule has 0 bridgehead atoms. The summed E-state index contributed by atoms with van der Waals surface area (Å²) in [6.45, 7) is 6.92. The monoisotopic (exact) mass is 289 g/mol. The molecule has 20 heavy (non-hydrogen) atoms. The topological polar surface area (TPSA) is 12.0 Å². The number of aryl methyl sites for hydroxylation is 1. The van der Waals surface area contributed by atoms with Crippen LogP contribution >= 0.6 is 11.8 Å². The molecule has 0 fully saturated rings. The maximum atomic E-state index is 14.1. The first kappa shape index (κ1) is 15.1. The van der Waals surface area contributed by atoms with Crippen LogP contribution in [-0.2, 0) is 6.54 Å². The van der Waals surface area contributed by atoms with Crippen molar-refractivity contribution in [2.24, 2.45) is 0 Å². The summed E-state index contributed by atoms with van der Waals surface area (Å²) < 4.78 is 14.1.